The van der Waals surface area contributed by atoms with Gasteiger partial charge in [0, 0.05) is 98.7 Å². The summed E-state index contributed by atoms with van der Waals surface area (Å²) in [6, 6.07) is 20.0. The minimum atomic E-state index is -0.449. The fourth-order valence-electron chi connectivity index (χ4n) is 9.62. The number of benzene rings is 2. The molecule has 0 radical (unpaired) electrons. The van der Waals surface area contributed by atoms with Crippen molar-refractivity contribution < 1.29 is 19.0 Å². The van der Waals surface area contributed by atoms with E-state index in [-0.39, 0.29) is 18.5 Å². The number of ether oxygens (including phenoxy) is 3. The van der Waals surface area contributed by atoms with Crippen LogP contribution in [0, 0.1) is 0 Å². The zero-order valence-corrected chi connectivity index (χ0v) is 36.1. The first-order valence-electron chi connectivity index (χ1n) is 20.9. The van der Waals surface area contributed by atoms with Gasteiger partial charge in [-0.3, -0.25) is 19.6 Å². The Balaban J connectivity index is 0.000000192. The molecule has 0 aliphatic carbocycles. The molecule has 0 bridgehead atoms. The largest absolute Gasteiger partial charge is 0.444 e. The van der Waals surface area contributed by atoms with Crippen molar-refractivity contribution in [3.05, 3.63) is 69.7 Å². The van der Waals surface area contributed by atoms with E-state index >= 15 is 0 Å². The molecule has 6 heterocycles. The van der Waals surface area contributed by atoms with E-state index in [4.69, 9.17) is 37.4 Å². The number of halogens is 3. The van der Waals surface area contributed by atoms with Crippen LogP contribution in [0.3, 0.4) is 0 Å². The van der Waals surface area contributed by atoms with Gasteiger partial charge in [0.05, 0.1) is 26.4 Å². The van der Waals surface area contributed by atoms with E-state index in [1.54, 1.807) is 0 Å². The smallest absolute Gasteiger partial charge is 0.410 e. The van der Waals surface area contributed by atoms with Crippen LogP contribution in [0.15, 0.2) is 48.5 Å². The number of morpholine rings is 2. The Kier molecular flexibility index (Phi) is 16.1. The van der Waals surface area contributed by atoms with Crippen LogP contribution in [0.25, 0.3) is 0 Å². The highest BCUT2D eigenvalue weighted by atomic mass is 35.5. The van der Waals surface area contributed by atoms with Crippen molar-refractivity contribution in [2.24, 2.45) is 0 Å². The third-order valence-corrected chi connectivity index (χ3v) is 13.0. The van der Waals surface area contributed by atoms with E-state index in [1.807, 2.05) is 49.9 Å². The van der Waals surface area contributed by atoms with Crippen LogP contribution in [-0.4, -0.2) is 164 Å². The van der Waals surface area contributed by atoms with E-state index in [0.717, 1.165) is 121 Å². The summed E-state index contributed by atoms with van der Waals surface area (Å²) in [6.07, 6.45) is 6.47. The Morgan fingerprint density at radius 3 is 1.57 bits per heavy atom. The van der Waals surface area contributed by atoms with Crippen LogP contribution in [0.2, 0.25) is 10.0 Å². The molecule has 8 rings (SSSR count). The maximum Gasteiger partial charge on any atom is 0.410 e. The molecule has 2 aromatic carbocycles. The fraction of sp³-hybridized carbons (Fsp3) is 0.698. The summed E-state index contributed by atoms with van der Waals surface area (Å²) < 4.78 is 17.1. The summed E-state index contributed by atoms with van der Waals surface area (Å²) in [4.78, 5) is 25.1. The van der Waals surface area contributed by atoms with E-state index in [2.05, 4.69) is 49.2 Å². The van der Waals surface area contributed by atoms with Crippen LogP contribution < -0.4 is 5.32 Å². The molecule has 6 saturated heterocycles. The van der Waals surface area contributed by atoms with E-state index in [9.17, 15) is 4.79 Å². The summed E-state index contributed by atoms with van der Waals surface area (Å²) in [6.45, 7) is 19.6. The molecule has 312 valence electrons. The van der Waals surface area contributed by atoms with Gasteiger partial charge in [0.1, 0.15) is 5.60 Å². The van der Waals surface area contributed by atoms with Gasteiger partial charge < -0.3 is 24.4 Å². The maximum absolute atomic E-state index is 12.5. The average molecular weight is 836 g/mol. The SMILES string of the molecule is CC(C)(C)OC(=O)N1CCC(N2C[C@@H]3COCCN3C[C@@H]2Cc2ccc(Cl)cc2)CC1.Cl.Clc1ccc(C[C@H]2CN3CCOC[C@H]3CN2C2CCNCC2)cc1. The number of carbonyl (C=O) groups excluding carboxylic acids is 1. The lowest BCUT2D eigenvalue weighted by Gasteiger charge is -2.52. The summed E-state index contributed by atoms with van der Waals surface area (Å²) in [7, 11) is 0. The van der Waals surface area contributed by atoms with Gasteiger partial charge >= 0.3 is 6.09 Å². The van der Waals surface area contributed by atoms with Gasteiger partial charge in [0.15, 0.2) is 0 Å². The lowest BCUT2D eigenvalue weighted by molar-refractivity contribution is -0.0803. The number of nitrogens with zero attached hydrogens (tertiary/aromatic N) is 5. The quantitative estimate of drug-likeness (QED) is 0.372. The lowest BCUT2D eigenvalue weighted by atomic mass is 9.93. The number of piperazine rings is 2. The highest BCUT2D eigenvalue weighted by Crippen LogP contribution is 2.29. The standard InChI is InChI=1S/C24H36ClN3O3.C19H28ClN3O.ClH/c1-24(2,3)31-23(29)26-10-8-20(9-11-26)28-16-22-17-30-13-12-27(22)15-21(28)14-18-4-6-19(25)7-5-18;20-16-3-1-15(2-4-16)11-18-12-22-9-10-24-14-19(22)13-23(18)17-5-7-21-8-6-17;/h4-7,20-22H,8-17H2,1-3H3;1-4,17-19,21H,5-14H2;1H/t21-,22+;18-,19+;/m00./s1. The van der Waals surface area contributed by atoms with E-state index in [1.165, 1.54) is 30.5 Å². The zero-order valence-electron chi connectivity index (χ0n) is 33.8. The van der Waals surface area contributed by atoms with Crippen molar-refractivity contribution >= 4 is 41.7 Å². The number of hydrogen-bond donors (Lipinski definition) is 1. The van der Waals surface area contributed by atoms with Crippen LogP contribution in [0.5, 0.6) is 0 Å². The number of carbonyl (C=O) groups is 1. The highest BCUT2D eigenvalue weighted by molar-refractivity contribution is 6.30. The van der Waals surface area contributed by atoms with Crippen LogP contribution in [0.1, 0.15) is 57.6 Å². The molecule has 1 N–H and O–H groups in total. The molecule has 0 aromatic heterocycles. The number of likely N-dealkylation sites (tertiary alicyclic amines) is 1. The maximum atomic E-state index is 12.5. The lowest BCUT2D eigenvalue weighted by Crippen LogP contribution is -2.65. The van der Waals surface area contributed by atoms with Gasteiger partial charge in [-0.25, -0.2) is 4.79 Å². The van der Waals surface area contributed by atoms with Gasteiger partial charge in [0.25, 0.3) is 0 Å². The molecule has 1 amide bonds. The number of rotatable bonds is 6. The molecule has 0 saturated carbocycles. The number of fused-ring (bicyclic) bond motifs is 2. The molecule has 10 nitrogen and oxygen atoms in total. The van der Waals surface area contributed by atoms with Crippen molar-refractivity contribution in [1.29, 1.82) is 0 Å². The van der Waals surface area contributed by atoms with Crippen LogP contribution >= 0.6 is 35.6 Å². The topological polar surface area (TPSA) is 73.0 Å². The van der Waals surface area contributed by atoms with Crippen molar-refractivity contribution in [3.63, 3.8) is 0 Å². The molecule has 56 heavy (non-hydrogen) atoms. The Morgan fingerprint density at radius 1 is 0.679 bits per heavy atom. The molecule has 6 aliphatic rings. The first-order chi connectivity index (χ1) is 26.6. The van der Waals surface area contributed by atoms with Crippen LogP contribution in [-0.2, 0) is 27.1 Å². The van der Waals surface area contributed by atoms with Crippen molar-refractivity contribution in [3.8, 4) is 0 Å². The second-order valence-corrected chi connectivity index (χ2v) is 18.4. The third kappa shape index (κ3) is 12.0. The summed E-state index contributed by atoms with van der Waals surface area (Å²) >= 11 is 12.2. The first kappa shape index (κ1) is 43.9. The monoisotopic (exact) mass is 834 g/mol. The Bertz CT molecular complexity index is 1500. The molecular weight excluding hydrogens is 771 g/mol. The minimum Gasteiger partial charge on any atom is -0.444 e. The summed E-state index contributed by atoms with van der Waals surface area (Å²) in [5, 5.41) is 5.11. The molecule has 0 spiro atoms. The van der Waals surface area contributed by atoms with Gasteiger partial charge in [-0.05, 0) is 108 Å². The predicted molar refractivity (Wildman–Crippen MR) is 228 cm³/mol. The van der Waals surface area contributed by atoms with E-state index < -0.39 is 5.60 Å². The Hall–Kier alpha value is -1.70. The van der Waals surface area contributed by atoms with Gasteiger partial charge in [0.2, 0.25) is 0 Å². The number of piperidine rings is 2. The normalized spacial score (nSPS) is 27.6. The number of nitrogens with one attached hydrogen (secondary N) is 1. The van der Waals surface area contributed by atoms with Crippen molar-refractivity contribution in [2.75, 3.05) is 91.9 Å². The minimum absolute atomic E-state index is 0. The van der Waals surface area contributed by atoms with Gasteiger partial charge in [-0.2, -0.15) is 0 Å². The molecule has 4 atom stereocenters. The Morgan fingerprint density at radius 2 is 1.12 bits per heavy atom. The third-order valence-electron chi connectivity index (χ3n) is 12.5. The molecule has 6 aliphatic heterocycles. The molecule has 13 heteroatoms. The fourth-order valence-corrected chi connectivity index (χ4v) is 9.87. The first-order valence-corrected chi connectivity index (χ1v) is 21.7. The summed E-state index contributed by atoms with van der Waals surface area (Å²) in [5.74, 6) is 0. The average Bonchev–Trinajstić information content (AvgIpc) is 3.19. The summed E-state index contributed by atoms with van der Waals surface area (Å²) in [5.41, 5.74) is 2.28. The zero-order chi connectivity index (χ0) is 38.4. The van der Waals surface area contributed by atoms with Crippen molar-refractivity contribution in [1.82, 2.24) is 29.8 Å². The van der Waals surface area contributed by atoms with E-state index in [0.29, 0.717) is 36.3 Å². The number of amides is 1. The highest BCUT2D eigenvalue weighted by Gasteiger charge is 2.41. The Labute approximate surface area is 351 Å². The molecule has 0 unspecified atom stereocenters. The van der Waals surface area contributed by atoms with Crippen LogP contribution in [0.4, 0.5) is 4.79 Å². The van der Waals surface area contributed by atoms with Gasteiger partial charge in [-0.15, -0.1) is 12.4 Å². The van der Waals surface area contributed by atoms with Crippen molar-refractivity contribution in [2.45, 2.75) is 101 Å². The second kappa shape index (κ2) is 20.5. The predicted octanol–water partition coefficient (Wildman–Crippen LogP) is 6.11. The molecule has 6 fully saturated rings. The second-order valence-electron chi connectivity index (χ2n) is 17.5. The molecular formula is C43H65Cl3N6O4. The number of hydrogen-bond acceptors (Lipinski definition) is 9. The van der Waals surface area contributed by atoms with Gasteiger partial charge in [-0.1, -0.05) is 47.5 Å². The molecule has 2 aromatic rings.